The van der Waals surface area contributed by atoms with Gasteiger partial charge in [0.1, 0.15) is 0 Å². The number of benzene rings is 1. The van der Waals surface area contributed by atoms with Crippen LogP contribution in [-0.2, 0) is 11.4 Å². The van der Waals surface area contributed by atoms with Gasteiger partial charge in [-0.3, -0.25) is 4.79 Å². The zero-order valence-corrected chi connectivity index (χ0v) is 13.4. The molecule has 0 heterocycles. The van der Waals surface area contributed by atoms with Crippen LogP contribution < -0.4 is 4.90 Å². The van der Waals surface area contributed by atoms with Gasteiger partial charge in [-0.05, 0) is 63.1 Å². The summed E-state index contributed by atoms with van der Waals surface area (Å²) >= 11 is 0. The molecule has 0 radical (unpaired) electrons. The number of amides is 1. The molecule has 116 valence electrons. The van der Waals surface area contributed by atoms with Gasteiger partial charge in [0.05, 0.1) is 6.61 Å². The fourth-order valence-electron chi connectivity index (χ4n) is 3.15. The van der Waals surface area contributed by atoms with Crippen molar-refractivity contribution < 1.29 is 9.90 Å². The minimum absolute atomic E-state index is 0.0381. The first kappa shape index (κ1) is 16.0. The maximum atomic E-state index is 12.9. The second kappa shape index (κ2) is 7.08. The van der Waals surface area contributed by atoms with Crippen LogP contribution in [0.15, 0.2) is 24.3 Å². The molecule has 1 fully saturated rings. The van der Waals surface area contributed by atoms with E-state index in [2.05, 4.69) is 20.8 Å². The van der Waals surface area contributed by atoms with Crippen molar-refractivity contribution >= 4 is 11.6 Å². The molecule has 1 amide bonds. The van der Waals surface area contributed by atoms with Crippen LogP contribution in [0.5, 0.6) is 0 Å². The molecule has 0 atom stereocenters. The molecule has 1 aliphatic carbocycles. The Morgan fingerprint density at radius 1 is 1.19 bits per heavy atom. The smallest absolute Gasteiger partial charge is 0.230 e. The number of aliphatic hydroxyl groups is 1. The van der Waals surface area contributed by atoms with Gasteiger partial charge in [-0.25, -0.2) is 0 Å². The predicted molar refractivity (Wildman–Crippen MR) is 86.1 cm³/mol. The van der Waals surface area contributed by atoms with Gasteiger partial charge in [0, 0.05) is 17.6 Å². The second-order valence-corrected chi connectivity index (χ2v) is 6.58. The number of aliphatic hydroxyl groups excluding tert-OH is 1. The lowest BCUT2D eigenvalue weighted by Crippen LogP contribution is -2.42. The summed E-state index contributed by atoms with van der Waals surface area (Å²) < 4.78 is 0. The van der Waals surface area contributed by atoms with E-state index in [1.165, 1.54) is 0 Å². The summed E-state index contributed by atoms with van der Waals surface area (Å²) in [6.45, 7) is 6.43. The lowest BCUT2D eigenvalue weighted by Gasteiger charge is -2.33. The van der Waals surface area contributed by atoms with Gasteiger partial charge in [-0.2, -0.15) is 0 Å². The van der Waals surface area contributed by atoms with E-state index in [0.29, 0.717) is 0 Å². The summed E-state index contributed by atoms with van der Waals surface area (Å²) in [5.41, 5.74) is 1.81. The number of rotatable bonds is 4. The van der Waals surface area contributed by atoms with E-state index in [-0.39, 0.29) is 24.5 Å². The molecule has 1 aliphatic rings. The molecular weight excluding hydrogens is 262 g/mol. The Labute approximate surface area is 128 Å². The number of hydrogen-bond acceptors (Lipinski definition) is 2. The van der Waals surface area contributed by atoms with Crippen LogP contribution in [0.25, 0.3) is 0 Å². The second-order valence-electron chi connectivity index (χ2n) is 6.58. The zero-order chi connectivity index (χ0) is 15.4. The topological polar surface area (TPSA) is 40.5 Å². The Hall–Kier alpha value is -1.35. The van der Waals surface area contributed by atoms with E-state index in [0.717, 1.165) is 42.9 Å². The Morgan fingerprint density at radius 3 is 2.24 bits per heavy atom. The summed E-state index contributed by atoms with van der Waals surface area (Å²) in [6.07, 6.45) is 4.34. The standard InChI is InChI=1S/C18H27NO2/c1-13(2)19(17-10-6-15(12-20)7-11-17)18(21)16-8-4-14(3)5-9-16/h6-7,10-11,13-14,16,20H,4-5,8-9,12H2,1-3H3. The maximum Gasteiger partial charge on any atom is 0.230 e. The van der Waals surface area contributed by atoms with E-state index in [4.69, 9.17) is 5.11 Å². The molecule has 0 aliphatic heterocycles. The van der Waals surface area contributed by atoms with Crippen LogP contribution >= 0.6 is 0 Å². The molecular formula is C18H27NO2. The fraction of sp³-hybridized carbons (Fsp3) is 0.611. The molecule has 0 unspecified atom stereocenters. The summed E-state index contributed by atoms with van der Waals surface area (Å²) in [7, 11) is 0. The van der Waals surface area contributed by atoms with E-state index >= 15 is 0 Å². The van der Waals surface area contributed by atoms with Crippen molar-refractivity contribution in [1.82, 2.24) is 0 Å². The van der Waals surface area contributed by atoms with Gasteiger partial charge in [-0.1, -0.05) is 19.1 Å². The zero-order valence-electron chi connectivity index (χ0n) is 13.4. The van der Waals surface area contributed by atoms with Crippen LogP contribution in [0.1, 0.15) is 52.0 Å². The third-order valence-corrected chi connectivity index (χ3v) is 4.52. The number of carbonyl (C=O) groups is 1. The van der Waals surface area contributed by atoms with Crippen molar-refractivity contribution in [2.45, 2.75) is 59.1 Å². The first-order valence-corrected chi connectivity index (χ1v) is 8.05. The van der Waals surface area contributed by atoms with Crippen molar-refractivity contribution in [3.8, 4) is 0 Å². The summed E-state index contributed by atoms with van der Waals surface area (Å²) in [5, 5.41) is 9.13. The Bertz CT molecular complexity index is 459. The minimum atomic E-state index is 0.0381. The average molecular weight is 289 g/mol. The molecule has 3 nitrogen and oxygen atoms in total. The number of anilines is 1. The van der Waals surface area contributed by atoms with Crippen LogP contribution in [-0.4, -0.2) is 17.1 Å². The Balaban J connectivity index is 2.15. The highest BCUT2D eigenvalue weighted by atomic mass is 16.3. The lowest BCUT2D eigenvalue weighted by molar-refractivity contribution is -0.123. The lowest BCUT2D eigenvalue weighted by atomic mass is 9.82. The Kier molecular flexibility index (Phi) is 5.40. The van der Waals surface area contributed by atoms with Crippen LogP contribution in [0.4, 0.5) is 5.69 Å². The molecule has 3 heteroatoms. The van der Waals surface area contributed by atoms with Gasteiger partial charge in [0.15, 0.2) is 0 Å². The maximum absolute atomic E-state index is 12.9. The van der Waals surface area contributed by atoms with Crippen molar-refractivity contribution in [3.63, 3.8) is 0 Å². The third-order valence-electron chi connectivity index (χ3n) is 4.52. The highest BCUT2D eigenvalue weighted by Gasteiger charge is 2.30. The first-order chi connectivity index (χ1) is 10.0. The molecule has 21 heavy (non-hydrogen) atoms. The highest BCUT2D eigenvalue weighted by Crippen LogP contribution is 2.31. The minimum Gasteiger partial charge on any atom is -0.392 e. The van der Waals surface area contributed by atoms with E-state index in [9.17, 15) is 4.79 Å². The van der Waals surface area contributed by atoms with Crippen LogP contribution in [0, 0.1) is 11.8 Å². The molecule has 0 bridgehead atoms. The van der Waals surface area contributed by atoms with Crippen molar-refractivity contribution in [2.24, 2.45) is 11.8 Å². The molecule has 2 rings (SSSR count). The number of nitrogens with zero attached hydrogens (tertiary/aromatic N) is 1. The summed E-state index contributed by atoms with van der Waals surface area (Å²) in [5.74, 6) is 1.18. The number of hydrogen-bond donors (Lipinski definition) is 1. The average Bonchev–Trinajstić information content (AvgIpc) is 2.48. The molecule has 1 saturated carbocycles. The molecule has 0 aromatic heterocycles. The normalized spacial score (nSPS) is 22.3. The van der Waals surface area contributed by atoms with E-state index in [1.807, 2.05) is 29.2 Å². The summed E-state index contributed by atoms with van der Waals surface area (Å²) in [6, 6.07) is 7.81. The molecule has 0 saturated heterocycles. The van der Waals surface area contributed by atoms with Crippen LogP contribution in [0.2, 0.25) is 0 Å². The molecule has 1 aromatic carbocycles. The Morgan fingerprint density at radius 2 is 1.76 bits per heavy atom. The molecule has 1 aromatic rings. The summed E-state index contributed by atoms with van der Waals surface area (Å²) in [4.78, 5) is 14.8. The van der Waals surface area contributed by atoms with Gasteiger partial charge in [-0.15, -0.1) is 0 Å². The fourth-order valence-corrected chi connectivity index (χ4v) is 3.15. The third kappa shape index (κ3) is 3.85. The molecule has 0 spiro atoms. The van der Waals surface area contributed by atoms with Gasteiger partial charge >= 0.3 is 0 Å². The van der Waals surface area contributed by atoms with Crippen molar-refractivity contribution in [2.75, 3.05) is 4.90 Å². The first-order valence-electron chi connectivity index (χ1n) is 8.05. The van der Waals surface area contributed by atoms with Gasteiger partial charge in [0.25, 0.3) is 0 Å². The molecule has 1 N–H and O–H groups in total. The largest absolute Gasteiger partial charge is 0.392 e. The predicted octanol–water partition coefficient (Wildman–Crippen LogP) is 3.75. The number of carbonyl (C=O) groups excluding carboxylic acids is 1. The quantitative estimate of drug-likeness (QED) is 0.917. The van der Waals surface area contributed by atoms with E-state index < -0.39 is 0 Å². The van der Waals surface area contributed by atoms with Crippen molar-refractivity contribution in [1.29, 1.82) is 0 Å². The van der Waals surface area contributed by atoms with Gasteiger partial charge in [0.2, 0.25) is 5.91 Å². The monoisotopic (exact) mass is 289 g/mol. The van der Waals surface area contributed by atoms with Gasteiger partial charge < -0.3 is 10.0 Å². The van der Waals surface area contributed by atoms with E-state index in [1.54, 1.807) is 0 Å². The van der Waals surface area contributed by atoms with Crippen LogP contribution in [0.3, 0.4) is 0 Å². The SMILES string of the molecule is CC1CCC(C(=O)N(c2ccc(CO)cc2)C(C)C)CC1. The highest BCUT2D eigenvalue weighted by molar-refractivity contribution is 5.95. The van der Waals surface area contributed by atoms with Crippen molar-refractivity contribution in [3.05, 3.63) is 29.8 Å².